The summed E-state index contributed by atoms with van der Waals surface area (Å²) < 4.78 is 52.7. The Labute approximate surface area is 179 Å². The lowest BCUT2D eigenvalue weighted by Crippen LogP contribution is -2.20. The van der Waals surface area contributed by atoms with E-state index in [1.807, 2.05) is 0 Å². The molecule has 0 aliphatic carbocycles. The first-order valence-corrected chi connectivity index (χ1v) is 9.18. The number of benzene rings is 1. The van der Waals surface area contributed by atoms with Crippen LogP contribution in [0.25, 0.3) is 0 Å². The minimum absolute atomic E-state index is 0.00510. The van der Waals surface area contributed by atoms with Crippen LogP contribution in [0.3, 0.4) is 0 Å². The Morgan fingerprint density at radius 3 is 2.31 bits per heavy atom. The quantitative estimate of drug-likeness (QED) is 0.507. The highest BCUT2D eigenvalue weighted by molar-refractivity contribution is 6.07. The zero-order valence-corrected chi connectivity index (χ0v) is 16.8. The van der Waals surface area contributed by atoms with Gasteiger partial charge < -0.3 is 16.0 Å². The minimum Gasteiger partial charge on any atom is -0.355 e. The molecule has 11 heteroatoms. The van der Waals surface area contributed by atoms with Gasteiger partial charge in [0, 0.05) is 24.5 Å². The standard InChI is InChI=1S/C21H17F4N5O2/c1-11-3-4-16(10-27-11)29-18-17(7-13(9-28-18)19(31)26-2)30-20(32)12-5-14(21(23,24)25)8-15(22)6-12/h3-10H,1-2H3,(H,26,31)(H,28,29)(H,30,32). The largest absolute Gasteiger partial charge is 0.416 e. The highest BCUT2D eigenvalue weighted by atomic mass is 19.4. The SMILES string of the molecule is CNC(=O)c1cnc(Nc2ccc(C)nc2)c(NC(=O)c2cc(F)cc(C(F)(F)F)c2)c1. The fourth-order valence-electron chi connectivity index (χ4n) is 2.69. The number of amides is 2. The number of hydrogen-bond acceptors (Lipinski definition) is 5. The molecule has 0 atom stereocenters. The molecule has 7 nitrogen and oxygen atoms in total. The first-order chi connectivity index (χ1) is 15.1. The van der Waals surface area contributed by atoms with Crippen molar-refractivity contribution >= 4 is 29.0 Å². The van der Waals surface area contributed by atoms with Crippen molar-refractivity contribution in [1.82, 2.24) is 15.3 Å². The number of hydrogen-bond donors (Lipinski definition) is 3. The molecule has 2 aromatic heterocycles. The van der Waals surface area contributed by atoms with Crippen LogP contribution in [0.15, 0.2) is 48.8 Å². The number of pyridine rings is 2. The first-order valence-electron chi connectivity index (χ1n) is 9.18. The zero-order valence-electron chi connectivity index (χ0n) is 16.8. The Hall–Kier alpha value is -4.02. The van der Waals surface area contributed by atoms with E-state index in [2.05, 4.69) is 25.9 Å². The van der Waals surface area contributed by atoms with Crippen LogP contribution in [0, 0.1) is 12.7 Å². The number of nitrogens with one attached hydrogen (secondary N) is 3. The van der Waals surface area contributed by atoms with Gasteiger partial charge in [0.1, 0.15) is 5.82 Å². The van der Waals surface area contributed by atoms with Gasteiger partial charge in [0.2, 0.25) is 0 Å². The molecule has 3 aromatic rings. The maximum atomic E-state index is 13.7. The monoisotopic (exact) mass is 447 g/mol. The number of aromatic nitrogens is 2. The topological polar surface area (TPSA) is 96.0 Å². The van der Waals surface area contributed by atoms with Gasteiger partial charge in [0.15, 0.2) is 5.82 Å². The Bertz CT molecular complexity index is 1160. The van der Waals surface area contributed by atoms with Gasteiger partial charge in [-0.3, -0.25) is 14.6 Å². The summed E-state index contributed by atoms with van der Waals surface area (Å²) in [7, 11) is 1.40. The molecule has 3 rings (SSSR count). The number of carbonyl (C=O) groups excluding carboxylic acids is 2. The molecule has 0 saturated heterocycles. The summed E-state index contributed by atoms with van der Waals surface area (Å²) in [5.41, 5.74) is -0.496. The van der Waals surface area contributed by atoms with Crippen molar-refractivity contribution in [3.05, 3.63) is 77.0 Å². The Morgan fingerprint density at radius 2 is 1.69 bits per heavy atom. The van der Waals surface area contributed by atoms with Crippen LogP contribution in [-0.2, 0) is 6.18 Å². The maximum absolute atomic E-state index is 13.7. The van der Waals surface area contributed by atoms with Gasteiger partial charge >= 0.3 is 6.18 Å². The van der Waals surface area contributed by atoms with Crippen LogP contribution in [0.1, 0.15) is 32.0 Å². The zero-order chi connectivity index (χ0) is 23.5. The molecular formula is C21H17F4N5O2. The molecule has 3 N–H and O–H groups in total. The summed E-state index contributed by atoms with van der Waals surface area (Å²) in [6.45, 7) is 1.79. The molecule has 0 unspecified atom stereocenters. The van der Waals surface area contributed by atoms with Crippen molar-refractivity contribution in [2.45, 2.75) is 13.1 Å². The Morgan fingerprint density at radius 1 is 0.938 bits per heavy atom. The molecule has 2 heterocycles. The van der Waals surface area contributed by atoms with Crippen molar-refractivity contribution < 1.29 is 27.2 Å². The molecule has 0 spiro atoms. The third-order valence-electron chi connectivity index (χ3n) is 4.29. The number of alkyl halides is 3. The molecule has 32 heavy (non-hydrogen) atoms. The Balaban J connectivity index is 1.97. The summed E-state index contributed by atoms with van der Waals surface area (Å²) >= 11 is 0. The molecule has 0 aliphatic heterocycles. The smallest absolute Gasteiger partial charge is 0.355 e. The van der Waals surface area contributed by atoms with Crippen LogP contribution in [0.4, 0.5) is 34.8 Å². The lowest BCUT2D eigenvalue weighted by Gasteiger charge is -2.14. The summed E-state index contributed by atoms with van der Waals surface area (Å²) in [4.78, 5) is 32.8. The first kappa shape index (κ1) is 22.7. The third kappa shape index (κ3) is 5.36. The third-order valence-corrected chi connectivity index (χ3v) is 4.29. The second-order valence-electron chi connectivity index (χ2n) is 6.69. The maximum Gasteiger partial charge on any atom is 0.416 e. The van der Waals surface area contributed by atoms with Gasteiger partial charge in [-0.2, -0.15) is 13.2 Å². The van der Waals surface area contributed by atoms with Crippen LogP contribution in [0.2, 0.25) is 0 Å². The fraction of sp³-hybridized carbons (Fsp3) is 0.143. The number of halogens is 4. The van der Waals surface area contributed by atoms with E-state index in [9.17, 15) is 27.2 Å². The number of rotatable bonds is 5. The molecule has 0 fully saturated rings. The van der Waals surface area contributed by atoms with Crippen molar-refractivity contribution in [3.8, 4) is 0 Å². The van der Waals surface area contributed by atoms with Gasteiger partial charge in [0.25, 0.3) is 11.8 Å². The van der Waals surface area contributed by atoms with E-state index >= 15 is 0 Å². The molecule has 166 valence electrons. The van der Waals surface area contributed by atoms with E-state index in [-0.39, 0.29) is 17.1 Å². The van der Waals surface area contributed by atoms with E-state index in [0.29, 0.717) is 23.9 Å². The molecule has 0 bridgehead atoms. The highest BCUT2D eigenvalue weighted by Crippen LogP contribution is 2.31. The molecule has 0 saturated carbocycles. The van der Waals surface area contributed by atoms with E-state index < -0.39 is 34.9 Å². The lowest BCUT2D eigenvalue weighted by molar-refractivity contribution is -0.137. The molecule has 2 amide bonds. The predicted molar refractivity (Wildman–Crippen MR) is 109 cm³/mol. The molecule has 0 aliphatic rings. The summed E-state index contributed by atoms with van der Waals surface area (Å²) in [6, 6.07) is 6.22. The second kappa shape index (κ2) is 9.00. The normalized spacial score (nSPS) is 11.1. The van der Waals surface area contributed by atoms with E-state index in [1.165, 1.54) is 25.5 Å². The van der Waals surface area contributed by atoms with E-state index in [4.69, 9.17) is 0 Å². The van der Waals surface area contributed by atoms with Crippen LogP contribution < -0.4 is 16.0 Å². The molecule has 0 radical (unpaired) electrons. The van der Waals surface area contributed by atoms with E-state index in [0.717, 1.165) is 5.69 Å². The van der Waals surface area contributed by atoms with Gasteiger partial charge in [-0.05, 0) is 43.3 Å². The van der Waals surface area contributed by atoms with Crippen LogP contribution in [0.5, 0.6) is 0 Å². The summed E-state index contributed by atoms with van der Waals surface area (Å²) in [5.74, 6) is -2.63. The van der Waals surface area contributed by atoms with Crippen molar-refractivity contribution in [3.63, 3.8) is 0 Å². The van der Waals surface area contributed by atoms with Gasteiger partial charge in [-0.25, -0.2) is 9.37 Å². The van der Waals surface area contributed by atoms with Crippen LogP contribution in [-0.4, -0.2) is 28.8 Å². The Kier molecular flexibility index (Phi) is 6.37. The molecule has 1 aromatic carbocycles. The van der Waals surface area contributed by atoms with Gasteiger partial charge in [-0.1, -0.05) is 0 Å². The van der Waals surface area contributed by atoms with Crippen molar-refractivity contribution in [2.24, 2.45) is 0 Å². The average Bonchev–Trinajstić information content (AvgIpc) is 2.74. The number of carbonyl (C=O) groups is 2. The number of anilines is 3. The number of aryl methyl sites for hydroxylation is 1. The van der Waals surface area contributed by atoms with Gasteiger partial charge in [0.05, 0.1) is 28.7 Å². The summed E-state index contributed by atoms with van der Waals surface area (Å²) in [5, 5.41) is 7.70. The predicted octanol–water partition coefficient (Wildman–Crippen LogP) is 4.30. The van der Waals surface area contributed by atoms with E-state index in [1.54, 1.807) is 19.1 Å². The highest BCUT2D eigenvalue weighted by Gasteiger charge is 2.32. The van der Waals surface area contributed by atoms with Crippen molar-refractivity contribution in [2.75, 3.05) is 17.7 Å². The average molecular weight is 447 g/mol. The summed E-state index contributed by atoms with van der Waals surface area (Å²) in [6.07, 6.45) is -2.07. The van der Waals surface area contributed by atoms with Gasteiger partial charge in [-0.15, -0.1) is 0 Å². The lowest BCUT2D eigenvalue weighted by atomic mass is 10.1. The molecular weight excluding hydrogens is 430 g/mol. The fourth-order valence-corrected chi connectivity index (χ4v) is 2.69. The minimum atomic E-state index is -4.83. The van der Waals surface area contributed by atoms with Crippen molar-refractivity contribution in [1.29, 1.82) is 0 Å². The number of nitrogens with zero attached hydrogens (tertiary/aromatic N) is 2. The van der Waals surface area contributed by atoms with Crippen LogP contribution >= 0.6 is 0 Å². The second-order valence-corrected chi connectivity index (χ2v) is 6.69.